The molecule has 0 amide bonds. The second-order valence-corrected chi connectivity index (χ2v) is 12.8. The van der Waals surface area contributed by atoms with Crippen molar-refractivity contribution in [2.24, 2.45) is 11.5 Å². The molecule has 2 aliphatic carbocycles. The maximum absolute atomic E-state index is 7.01. The Hall–Kier alpha value is -4.96. The standard InChI is InChI=1S/C42H46N4O/c1-28-15-9-12-20-35(28)42(34-18-10-11-19-34)36-21-13-14-22-39(36)47-40-26-24-33(27-37(40)42)41(44)46(5)29(2)23-25-38(43)31(4)45-30(3)32-16-7-6-8-17-32/h6-7,9-10,12-16,20-27,30,41,45H,4,8,11,17,19,43-44H2,1-3,5H3/b29-23+,38-25+. The number of benzene rings is 3. The van der Waals surface area contributed by atoms with Gasteiger partial charge in [-0.25, -0.2) is 0 Å². The molecule has 5 heteroatoms. The first-order valence-corrected chi connectivity index (χ1v) is 16.6. The maximum atomic E-state index is 7.01. The summed E-state index contributed by atoms with van der Waals surface area (Å²) in [5.74, 6) is 1.72. The zero-order valence-electron chi connectivity index (χ0n) is 28.0. The highest BCUT2D eigenvalue weighted by molar-refractivity contribution is 5.70. The topological polar surface area (TPSA) is 76.5 Å². The van der Waals surface area contributed by atoms with Crippen LogP contribution in [0.2, 0.25) is 0 Å². The van der Waals surface area contributed by atoms with Crippen LogP contribution in [0.4, 0.5) is 0 Å². The quantitative estimate of drug-likeness (QED) is 0.120. The Kier molecular flexibility index (Phi) is 9.13. The lowest BCUT2D eigenvalue weighted by Gasteiger charge is -2.43. The van der Waals surface area contributed by atoms with Crippen LogP contribution in [0.15, 0.2) is 144 Å². The van der Waals surface area contributed by atoms with Gasteiger partial charge in [0.15, 0.2) is 0 Å². The molecule has 6 rings (SSSR count). The van der Waals surface area contributed by atoms with Crippen LogP contribution in [0.1, 0.15) is 73.5 Å². The van der Waals surface area contributed by atoms with Gasteiger partial charge < -0.3 is 26.4 Å². The van der Waals surface area contributed by atoms with Gasteiger partial charge in [-0.2, -0.15) is 0 Å². The number of nitrogens with one attached hydrogen (secondary N) is 1. The number of allylic oxidation sites excluding steroid dienone is 7. The van der Waals surface area contributed by atoms with Gasteiger partial charge in [-0.1, -0.05) is 73.3 Å². The van der Waals surface area contributed by atoms with Crippen LogP contribution in [-0.4, -0.2) is 18.0 Å². The zero-order chi connectivity index (χ0) is 33.1. The molecule has 3 atom stereocenters. The van der Waals surface area contributed by atoms with Crippen molar-refractivity contribution in [2.45, 2.75) is 64.1 Å². The fourth-order valence-corrected chi connectivity index (χ4v) is 7.08. The van der Waals surface area contributed by atoms with Gasteiger partial charge in [-0.05, 0) is 111 Å². The second kappa shape index (κ2) is 13.4. The Labute approximate surface area is 280 Å². The molecule has 1 heterocycles. The number of rotatable bonds is 10. The molecule has 0 aromatic heterocycles. The van der Waals surface area contributed by atoms with Crippen molar-refractivity contribution in [3.63, 3.8) is 0 Å². The predicted octanol–water partition coefficient (Wildman–Crippen LogP) is 8.71. The molecule has 0 bridgehead atoms. The van der Waals surface area contributed by atoms with E-state index in [-0.39, 0.29) is 6.04 Å². The molecule has 5 nitrogen and oxygen atoms in total. The minimum Gasteiger partial charge on any atom is -0.457 e. The van der Waals surface area contributed by atoms with E-state index in [0.29, 0.717) is 11.4 Å². The fourth-order valence-electron chi connectivity index (χ4n) is 7.08. The van der Waals surface area contributed by atoms with Crippen LogP contribution in [0.5, 0.6) is 11.5 Å². The van der Waals surface area contributed by atoms with Gasteiger partial charge in [0, 0.05) is 29.9 Å². The van der Waals surface area contributed by atoms with E-state index in [2.05, 4.69) is 121 Å². The Morgan fingerprint density at radius 3 is 2.47 bits per heavy atom. The Bertz CT molecular complexity index is 1870. The molecule has 1 aliphatic heterocycles. The minimum atomic E-state index is -0.548. The lowest BCUT2D eigenvalue weighted by atomic mass is 9.62. The van der Waals surface area contributed by atoms with Crippen LogP contribution in [0.3, 0.4) is 0 Å². The van der Waals surface area contributed by atoms with Gasteiger partial charge >= 0.3 is 0 Å². The normalized spacial score (nSPS) is 19.9. The predicted molar refractivity (Wildman–Crippen MR) is 194 cm³/mol. The number of hydrogen-bond acceptors (Lipinski definition) is 5. The van der Waals surface area contributed by atoms with E-state index in [4.69, 9.17) is 16.2 Å². The SMILES string of the molecule is C=C(NC(C)C1=CC=CCC1)/C(N)=C\C=C(/C)N(C)C(N)c1ccc2c(c1)C(C1=C=CCC1)(c1ccccc1C)c1ccccc1O2. The summed E-state index contributed by atoms with van der Waals surface area (Å²) in [4.78, 5) is 2.07. The molecule has 240 valence electrons. The molecule has 0 radical (unpaired) electrons. The molecule has 0 spiro atoms. The summed E-state index contributed by atoms with van der Waals surface area (Å²) in [6.45, 7) is 10.6. The largest absolute Gasteiger partial charge is 0.457 e. The number of ether oxygens (including phenoxy) is 1. The molecule has 3 aromatic rings. The number of para-hydroxylation sites is 1. The van der Waals surface area contributed by atoms with Crippen LogP contribution in [0.25, 0.3) is 0 Å². The summed E-state index contributed by atoms with van der Waals surface area (Å²) in [7, 11) is 2.01. The summed E-state index contributed by atoms with van der Waals surface area (Å²) in [6, 6.07) is 23.7. The Morgan fingerprint density at radius 1 is 1.00 bits per heavy atom. The van der Waals surface area contributed by atoms with E-state index in [9.17, 15) is 0 Å². The highest BCUT2D eigenvalue weighted by atomic mass is 16.5. The van der Waals surface area contributed by atoms with E-state index >= 15 is 0 Å². The first kappa shape index (κ1) is 32.0. The minimum absolute atomic E-state index is 0.169. The molecule has 3 aromatic carbocycles. The van der Waals surface area contributed by atoms with Gasteiger partial charge in [0.2, 0.25) is 0 Å². The van der Waals surface area contributed by atoms with Gasteiger partial charge in [0.25, 0.3) is 0 Å². The molecular formula is C42H46N4O. The van der Waals surface area contributed by atoms with Crippen molar-refractivity contribution < 1.29 is 4.74 Å². The monoisotopic (exact) mass is 622 g/mol. The highest BCUT2D eigenvalue weighted by Crippen LogP contribution is 2.57. The van der Waals surface area contributed by atoms with E-state index in [1.54, 1.807) is 0 Å². The first-order chi connectivity index (χ1) is 22.7. The zero-order valence-corrected chi connectivity index (χ0v) is 28.0. The van der Waals surface area contributed by atoms with Crippen LogP contribution < -0.4 is 21.5 Å². The van der Waals surface area contributed by atoms with E-state index < -0.39 is 11.6 Å². The van der Waals surface area contributed by atoms with Crippen LogP contribution in [-0.2, 0) is 5.41 Å². The lowest BCUT2D eigenvalue weighted by Crippen LogP contribution is -2.36. The lowest BCUT2D eigenvalue weighted by molar-refractivity contribution is 0.316. The smallest absolute Gasteiger partial charge is 0.132 e. The van der Waals surface area contributed by atoms with Gasteiger partial charge in [0.1, 0.15) is 17.7 Å². The van der Waals surface area contributed by atoms with E-state index in [1.165, 1.54) is 22.3 Å². The van der Waals surface area contributed by atoms with Crippen LogP contribution >= 0.6 is 0 Å². The third-order valence-corrected chi connectivity index (χ3v) is 9.90. The molecule has 0 saturated heterocycles. The van der Waals surface area contributed by atoms with Crippen molar-refractivity contribution in [3.8, 4) is 11.5 Å². The fraction of sp³-hybridized carbons (Fsp3) is 0.262. The second-order valence-electron chi connectivity index (χ2n) is 12.8. The Morgan fingerprint density at radius 2 is 1.74 bits per heavy atom. The van der Waals surface area contributed by atoms with Crippen molar-refractivity contribution in [2.75, 3.05) is 7.05 Å². The molecule has 5 N–H and O–H groups in total. The van der Waals surface area contributed by atoms with Crippen molar-refractivity contribution >= 4 is 0 Å². The van der Waals surface area contributed by atoms with E-state index in [0.717, 1.165) is 59.6 Å². The average molecular weight is 623 g/mol. The van der Waals surface area contributed by atoms with Gasteiger partial charge in [-0.3, -0.25) is 0 Å². The highest BCUT2D eigenvalue weighted by Gasteiger charge is 2.47. The number of hydrogen-bond donors (Lipinski definition) is 3. The van der Waals surface area contributed by atoms with Crippen molar-refractivity contribution in [1.29, 1.82) is 0 Å². The summed E-state index contributed by atoms with van der Waals surface area (Å²) < 4.78 is 6.59. The molecule has 0 saturated carbocycles. The summed E-state index contributed by atoms with van der Waals surface area (Å²) in [6.07, 6.45) is 16.2. The molecule has 47 heavy (non-hydrogen) atoms. The van der Waals surface area contributed by atoms with Crippen LogP contribution in [0, 0.1) is 6.92 Å². The number of nitrogens with two attached hydrogens (primary N) is 2. The summed E-state index contributed by atoms with van der Waals surface area (Å²) in [5.41, 5.74) is 27.2. The third-order valence-electron chi connectivity index (χ3n) is 9.90. The summed E-state index contributed by atoms with van der Waals surface area (Å²) >= 11 is 0. The van der Waals surface area contributed by atoms with Gasteiger partial charge in [-0.15, -0.1) is 5.73 Å². The number of nitrogens with zero attached hydrogens (tertiary/aromatic N) is 1. The average Bonchev–Trinajstić information content (AvgIpc) is 3.65. The van der Waals surface area contributed by atoms with Crippen molar-refractivity contribution in [3.05, 3.63) is 172 Å². The number of aryl methyl sites for hydroxylation is 1. The molecule has 3 unspecified atom stereocenters. The maximum Gasteiger partial charge on any atom is 0.132 e. The van der Waals surface area contributed by atoms with Gasteiger partial charge in [0.05, 0.1) is 16.8 Å². The summed E-state index contributed by atoms with van der Waals surface area (Å²) in [5, 5.41) is 3.46. The Balaban J connectivity index is 1.33. The number of fused-ring (bicyclic) bond motifs is 2. The van der Waals surface area contributed by atoms with E-state index in [1.807, 2.05) is 32.2 Å². The first-order valence-electron chi connectivity index (χ1n) is 16.6. The van der Waals surface area contributed by atoms with Crippen molar-refractivity contribution in [1.82, 2.24) is 10.2 Å². The molecule has 3 aliphatic rings. The molecular weight excluding hydrogens is 576 g/mol. The molecule has 0 fully saturated rings. The third kappa shape index (κ3) is 6.01.